The van der Waals surface area contributed by atoms with Crippen molar-refractivity contribution >= 4 is 29.4 Å². The number of nitrogens with one attached hydrogen (secondary N) is 2. The Kier molecular flexibility index (Phi) is 6.52. The molecule has 2 N–H and O–H groups in total. The van der Waals surface area contributed by atoms with Crippen molar-refractivity contribution in [2.24, 2.45) is 0 Å². The van der Waals surface area contributed by atoms with Crippen molar-refractivity contribution in [1.82, 2.24) is 10.6 Å². The molecule has 0 heterocycles. The topological polar surface area (TPSA) is 84.5 Å². The number of hydrogen-bond donors (Lipinski definition) is 2. The van der Waals surface area contributed by atoms with Crippen molar-refractivity contribution in [3.8, 4) is 0 Å². The van der Waals surface area contributed by atoms with Crippen LogP contribution >= 0.6 is 11.6 Å². The lowest BCUT2D eigenvalue weighted by Crippen LogP contribution is -2.38. The summed E-state index contributed by atoms with van der Waals surface area (Å²) in [6, 6.07) is 6.36. The standard InChI is InChI=1S/C13H15ClN2O4/c1-2-15-11(17)7-16-12(18)8-20-13(19)9-5-3-4-6-10(9)14/h3-6H,2,7-8H2,1H3,(H,15,17)(H,16,18). The van der Waals surface area contributed by atoms with Crippen LogP contribution in [0, 0.1) is 0 Å². The van der Waals surface area contributed by atoms with E-state index in [0.29, 0.717) is 6.54 Å². The predicted molar refractivity (Wildman–Crippen MR) is 73.4 cm³/mol. The van der Waals surface area contributed by atoms with Gasteiger partial charge < -0.3 is 15.4 Å². The number of carbonyl (C=O) groups excluding carboxylic acids is 3. The summed E-state index contributed by atoms with van der Waals surface area (Å²) in [6.45, 7) is 1.63. The summed E-state index contributed by atoms with van der Waals surface area (Å²) in [4.78, 5) is 34.1. The summed E-state index contributed by atoms with van der Waals surface area (Å²) < 4.78 is 4.80. The van der Waals surface area contributed by atoms with Gasteiger partial charge >= 0.3 is 5.97 Å². The third kappa shape index (κ3) is 5.27. The molecule has 108 valence electrons. The number of halogens is 1. The lowest BCUT2D eigenvalue weighted by Gasteiger charge is -2.07. The van der Waals surface area contributed by atoms with Gasteiger partial charge in [0.1, 0.15) is 0 Å². The summed E-state index contributed by atoms with van der Waals surface area (Å²) in [5, 5.41) is 5.10. The zero-order valence-corrected chi connectivity index (χ0v) is 11.7. The minimum absolute atomic E-state index is 0.156. The van der Waals surface area contributed by atoms with E-state index >= 15 is 0 Å². The van der Waals surface area contributed by atoms with Gasteiger partial charge in [0.25, 0.3) is 5.91 Å². The molecule has 1 aromatic carbocycles. The van der Waals surface area contributed by atoms with Gasteiger partial charge in [0.15, 0.2) is 6.61 Å². The van der Waals surface area contributed by atoms with E-state index in [1.807, 2.05) is 0 Å². The van der Waals surface area contributed by atoms with Crippen molar-refractivity contribution in [2.45, 2.75) is 6.92 Å². The SMILES string of the molecule is CCNC(=O)CNC(=O)COC(=O)c1ccccc1Cl. The number of likely N-dealkylation sites (N-methyl/N-ethyl adjacent to an activating group) is 1. The van der Waals surface area contributed by atoms with Gasteiger partial charge in [-0.3, -0.25) is 9.59 Å². The Hall–Kier alpha value is -2.08. The number of carbonyl (C=O) groups is 3. The summed E-state index contributed by atoms with van der Waals surface area (Å²) >= 11 is 5.82. The van der Waals surface area contributed by atoms with Crippen LogP contribution in [0.25, 0.3) is 0 Å². The van der Waals surface area contributed by atoms with Crippen LogP contribution < -0.4 is 10.6 Å². The fraction of sp³-hybridized carbons (Fsp3) is 0.308. The lowest BCUT2D eigenvalue weighted by atomic mass is 10.2. The molecule has 6 nitrogen and oxygen atoms in total. The maximum absolute atomic E-state index is 11.6. The molecule has 0 aliphatic heterocycles. The second-order valence-electron chi connectivity index (χ2n) is 3.79. The molecule has 0 bridgehead atoms. The molecule has 1 aromatic rings. The maximum Gasteiger partial charge on any atom is 0.340 e. The molecule has 0 atom stereocenters. The Bertz CT molecular complexity index is 505. The van der Waals surface area contributed by atoms with Gasteiger partial charge in [0.05, 0.1) is 17.1 Å². The monoisotopic (exact) mass is 298 g/mol. The number of rotatable bonds is 6. The summed E-state index contributed by atoms with van der Waals surface area (Å²) in [5.74, 6) is -1.56. The summed E-state index contributed by atoms with van der Waals surface area (Å²) in [5.41, 5.74) is 0.186. The normalized spacial score (nSPS) is 9.70. The van der Waals surface area contributed by atoms with Crippen LogP contribution in [0.15, 0.2) is 24.3 Å². The predicted octanol–water partition coefficient (Wildman–Crippen LogP) is 0.749. The molecule has 0 aliphatic rings. The van der Waals surface area contributed by atoms with Gasteiger partial charge in [-0.05, 0) is 19.1 Å². The maximum atomic E-state index is 11.6. The van der Waals surface area contributed by atoms with Gasteiger partial charge in [-0.15, -0.1) is 0 Å². The molecule has 20 heavy (non-hydrogen) atoms. The van der Waals surface area contributed by atoms with E-state index < -0.39 is 18.5 Å². The molecule has 1 rings (SSSR count). The largest absolute Gasteiger partial charge is 0.452 e. The highest BCUT2D eigenvalue weighted by Gasteiger charge is 2.13. The van der Waals surface area contributed by atoms with Crippen LogP contribution in [0.2, 0.25) is 5.02 Å². The quantitative estimate of drug-likeness (QED) is 0.759. The minimum atomic E-state index is -0.691. The van der Waals surface area contributed by atoms with Crippen LogP contribution in [0.3, 0.4) is 0 Å². The Morgan fingerprint density at radius 1 is 1.15 bits per heavy atom. The highest BCUT2D eigenvalue weighted by atomic mass is 35.5. The zero-order chi connectivity index (χ0) is 15.0. The van der Waals surface area contributed by atoms with Crippen LogP contribution in [-0.4, -0.2) is 37.5 Å². The van der Waals surface area contributed by atoms with E-state index in [4.69, 9.17) is 16.3 Å². The number of ether oxygens (including phenoxy) is 1. The number of esters is 1. The smallest absolute Gasteiger partial charge is 0.340 e. The van der Waals surface area contributed by atoms with E-state index in [1.165, 1.54) is 6.07 Å². The van der Waals surface area contributed by atoms with Gasteiger partial charge in [-0.2, -0.15) is 0 Å². The van der Waals surface area contributed by atoms with Crippen molar-refractivity contribution < 1.29 is 19.1 Å². The number of hydrogen-bond acceptors (Lipinski definition) is 4. The molecule has 2 amide bonds. The third-order valence-electron chi connectivity index (χ3n) is 2.25. The highest BCUT2D eigenvalue weighted by Crippen LogP contribution is 2.15. The zero-order valence-electron chi connectivity index (χ0n) is 10.9. The average Bonchev–Trinajstić information content (AvgIpc) is 2.43. The van der Waals surface area contributed by atoms with Gasteiger partial charge in [0.2, 0.25) is 5.91 Å². The molecular weight excluding hydrogens is 284 g/mol. The fourth-order valence-corrected chi connectivity index (χ4v) is 1.54. The van der Waals surface area contributed by atoms with Crippen molar-refractivity contribution in [3.63, 3.8) is 0 Å². The van der Waals surface area contributed by atoms with E-state index in [2.05, 4.69) is 10.6 Å². The Morgan fingerprint density at radius 3 is 2.50 bits per heavy atom. The van der Waals surface area contributed by atoms with Crippen molar-refractivity contribution in [1.29, 1.82) is 0 Å². The Labute approximate surface area is 121 Å². The second kappa shape index (κ2) is 8.16. The fourth-order valence-electron chi connectivity index (χ4n) is 1.33. The summed E-state index contributed by atoms with van der Waals surface area (Å²) in [6.07, 6.45) is 0. The van der Waals surface area contributed by atoms with E-state index in [-0.39, 0.29) is 23.0 Å². The van der Waals surface area contributed by atoms with Crippen LogP contribution in [0.4, 0.5) is 0 Å². The van der Waals surface area contributed by atoms with Gasteiger partial charge in [-0.25, -0.2) is 4.79 Å². The molecule has 7 heteroatoms. The number of benzene rings is 1. The van der Waals surface area contributed by atoms with Crippen molar-refractivity contribution in [2.75, 3.05) is 19.7 Å². The van der Waals surface area contributed by atoms with Crippen LogP contribution in [0.1, 0.15) is 17.3 Å². The molecule has 0 aromatic heterocycles. The average molecular weight is 299 g/mol. The van der Waals surface area contributed by atoms with Gasteiger partial charge in [-0.1, -0.05) is 23.7 Å². The van der Waals surface area contributed by atoms with Crippen molar-refractivity contribution in [3.05, 3.63) is 34.9 Å². The first-order chi connectivity index (χ1) is 9.54. The molecule has 0 fully saturated rings. The molecule has 0 aliphatic carbocycles. The van der Waals surface area contributed by atoms with E-state index in [1.54, 1.807) is 25.1 Å². The summed E-state index contributed by atoms with van der Waals surface area (Å²) in [7, 11) is 0. The molecule has 0 saturated carbocycles. The first-order valence-corrected chi connectivity index (χ1v) is 6.37. The molecule has 0 radical (unpaired) electrons. The molecule has 0 saturated heterocycles. The highest BCUT2D eigenvalue weighted by molar-refractivity contribution is 6.33. The minimum Gasteiger partial charge on any atom is -0.452 e. The Balaban J connectivity index is 2.36. The molecular formula is C13H15ClN2O4. The van der Waals surface area contributed by atoms with E-state index in [9.17, 15) is 14.4 Å². The lowest BCUT2D eigenvalue weighted by molar-refractivity contribution is -0.127. The van der Waals surface area contributed by atoms with Crippen LogP contribution in [-0.2, 0) is 14.3 Å². The van der Waals surface area contributed by atoms with E-state index in [0.717, 1.165) is 0 Å². The number of amides is 2. The Morgan fingerprint density at radius 2 is 1.85 bits per heavy atom. The molecule has 0 unspecified atom stereocenters. The second-order valence-corrected chi connectivity index (χ2v) is 4.19. The first kappa shape index (κ1) is 16.0. The van der Waals surface area contributed by atoms with Gasteiger partial charge in [0, 0.05) is 6.54 Å². The van der Waals surface area contributed by atoms with Crippen LogP contribution in [0.5, 0.6) is 0 Å². The molecule has 0 spiro atoms. The third-order valence-corrected chi connectivity index (χ3v) is 2.58. The first-order valence-electron chi connectivity index (χ1n) is 5.99.